The summed E-state index contributed by atoms with van der Waals surface area (Å²) >= 11 is 0. The maximum absolute atomic E-state index is 5.71. The van der Waals surface area contributed by atoms with E-state index in [1.165, 1.54) is 66.0 Å². The number of fused-ring (bicyclic) bond motifs is 9. The van der Waals surface area contributed by atoms with Crippen molar-refractivity contribution in [3.8, 4) is 39.1 Å². The zero-order chi connectivity index (χ0) is 48.2. The fourth-order valence-electron chi connectivity index (χ4n) is 11.2. The Morgan fingerprint density at radius 2 is 1.13 bits per heavy atom. The number of hydrazone groups is 1. The van der Waals surface area contributed by atoms with Gasteiger partial charge in [0.1, 0.15) is 0 Å². The zero-order valence-electron chi connectivity index (χ0n) is 40.8. The highest BCUT2D eigenvalue weighted by Gasteiger charge is 2.37. The smallest absolute Gasteiger partial charge is 0.0933 e. The lowest BCUT2D eigenvalue weighted by atomic mass is 9.82. The van der Waals surface area contributed by atoms with Crippen molar-refractivity contribution in [3.05, 3.63) is 252 Å². The van der Waals surface area contributed by atoms with Gasteiger partial charge in [-0.1, -0.05) is 204 Å². The summed E-state index contributed by atoms with van der Waals surface area (Å²) in [5.41, 5.74) is 21.6. The Bertz CT molecular complexity index is 3890. The van der Waals surface area contributed by atoms with E-state index in [1.807, 2.05) is 20.9 Å². The summed E-state index contributed by atoms with van der Waals surface area (Å²) in [4.78, 5) is 0. The third kappa shape index (κ3) is 7.25. The second kappa shape index (κ2) is 17.7. The van der Waals surface area contributed by atoms with Crippen molar-refractivity contribution in [2.45, 2.75) is 33.1 Å². The second-order valence-electron chi connectivity index (χ2n) is 18.8. The number of rotatable bonds is 6. The van der Waals surface area contributed by atoms with Gasteiger partial charge in [0.15, 0.2) is 0 Å². The van der Waals surface area contributed by atoms with E-state index >= 15 is 0 Å². The predicted molar refractivity (Wildman–Crippen MR) is 304 cm³/mol. The highest BCUT2D eigenvalue weighted by Crippen LogP contribution is 2.52. The molecule has 0 radical (unpaired) electrons. The van der Waals surface area contributed by atoms with E-state index < -0.39 is 0 Å². The molecule has 1 N–H and O–H groups in total. The molecule has 0 amide bonds. The molecule has 3 aliphatic rings. The Labute approximate surface area is 416 Å². The SMILES string of the molecule is CC.CN/C(=C1/C=CC=C/C1=N/N1c2ccc(-c3ccc4c5ccccc5n(-c5ccccc5)c4c3)cc2C=Cc2cc3c(cc21)-c1ccccc1C3(C)C)c1ccc(-c2cccc3ccccc23)cc1. The molecule has 71 heavy (non-hydrogen) atoms. The maximum Gasteiger partial charge on any atom is 0.0933 e. The molecule has 2 aliphatic carbocycles. The monoisotopic (exact) mass is 914 g/mol. The summed E-state index contributed by atoms with van der Waals surface area (Å²) in [6.45, 7) is 8.70. The summed E-state index contributed by atoms with van der Waals surface area (Å²) in [5, 5.41) is 16.5. The van der Waals surface area contributed by atoms with Gasteiger partial charge < -0.3 is 9.88 Å². The van der Waals surface area contributed by atoms with E-state index in [9.17, 15) is 0 Å². The van der Waals surface area contributed by atoms with Crippen LogP contribution in [-0.2, 0) is 5.41 Å². The number of allylic oxidation sites excluding steroid dienone is 5. The van der Waals surface area contributed by atoms with Gasteiger partial charge in [0.2, 0.25) is 0 Å². The van der Waals surface area contributed by atoms with Crippen LogP contribution in [0.3, 0.4) is 0 Å². The molecule has 0 unspecified atom stereocenters. The van der Waals surface area contributed by atoms with Gasteiger partial charge in [0.05, 0.1) is 33.8 Å². The van der Waals surface area contributed by atoms with Crippen LogP contribution in [0.5, 0.6) is 0 Å². The summed E-state index contributed by atoms with van der Waals surface area (Å²) in [6.07, 6.45) is 13.1. The van der Waals surface area contributed by atoms with Crippen LogP contribution < -0.4 is 10.3 Å². The molecule has 0 atom stereocenters. The Kier molecular flexibility index (Phi) is 10.8. The number of nitrogens with one attached hydrogen (secondary N) is 1. The van der Waals surface area contributed by atoms with Crippen LogP contribution in [0.1, 0.15) is 55.5 Å². The number of aromatic nitrogens is 1. The van der Waals surface area contributed by atoms with Crippen molar-refractivity contribution in [2.24, 2.45) is 5.10 Å². The minimum Gasteiger partial charge on any atom is -0.387 e. The third-order valence-electron chi connectivity index (χ3n) is 14.6. The summed E-state index contributed by atoms with van der Waals surface area (Å²) in [6, 6.07) is 70.9. The Morgan fingerprint density at radius 1 is 0.479 bits per heavy atom. The van der Waals surface area contributed by atoms with Gasteiger partial charge in [-0.2, -0.15) is 5.10 Å². The first-order chi connectivity index (χ1) is 34.9. The third-order valence-corrected chi connectivity index (χ3v) is 14.6. The van der Waals surface area contributed by atoms with Crippen LogP contribution in [0.15, 0.2) is 229 Å². The van der Waals surface area contributed by atoms with E-state index in [2.05, 4.69) is 259 Å². The Morgan fingerprint density at radius 3 is 1.96 bits per heavy atom. The second-order valence-corrected chi connectivity index (χ2v) is 18.8. The topological polar surface area (TPSA) is 32.6 Å². The van der Waals surface area contributed by atoms with Gasteiger partial charge >= 0.3 is 0 Å². The zero-order valence-corrected chi connectivity index (χ0v) is 40.8. The molecule has 0 spiro atoms. The fraction of sp³-hybridized carbons (Fsp3) is 0.0896. The number of anilines is 2. The molecule has 0 fully saturated rings. The van der Waals surface area contributed by atoms with Gasteiger partial charge in [-0.15, -0.1) is 0 Å². The van der Waals surface area contributed by atoms with E-state index in [-0.39, 0.29) is 5.41 Å². The average Bonchev–Trinajstić information content (AvgIpc) is 3.81. The molecule has 342 valence electrons. The van der Waals surface area contributed by atoms with Gasteiger partial charge in [0.25, 0.3) is 0 Å². The van der Waals surface area contributed by atoms with E-state index in [1.54, 1.807) is 0 Å². The molecule has 4 nitrogen and oxygen atoms in total. The largest absolute Gasteiger partial charge is 0.387 e. The van der Waals surface area contributed by atoms with Crippen LogP contribution in [0.25, 0.3) is 89.5 Å². The van der Waals surface area contributed by atoms with Gasteiger partial charge in [-0.05, 0) is 115 Å². The number of nitrogens with zero attached hydrogens (tertiary/aromatic N) is 3. The van der Waals surface area contributed by atoms with E-state index in [0.29, 0.717) is 0 Å². The molecular formula is C67H54N4. The lowest BCUT2D eigenvalue weighted by Gasteiger charge is -2.26. The molecule has 0 saturated heterocycles. The fourth-order valence-corrected chi connectivity index (χ4v) is 11.2. The first-order valence-electron chi connectivity index (χ1n) is 24.9. The van der Waals surface area contributed by atoms with Crippen molar-refractivity contribution in [2.75, 3.05) is 12.1 Å². The van der Waals surface area contributed by atoms with E-state index in [0.717, 1.165) is 61.9 Å². The molecule has 13 rings (SSSR count). The summed E-state index contributed by atoms with van der Waals surface area (Å²) < 4.78 is 2.39. The Balaban J connectivity index is 0.00000256. The summed E-state index contributed by atoms with van der Waals surface area (Å²) in [7, 11) is 2.01. The number of hydrogen-bond donors (Lipinski definition) is 1. The molecule has 1 aliphatic heterocycles. The number of benzene rings is 9. The van der Waals surface area contributed by atoms with E-state index in [4.69, 9.17) is 5.10 Å². The van der Waals surface area contributed by atoms with Crippen LogP contribution in [0.4, 0.5) is 11.4 Å². The van der Waals surface area contributed by atoms with Crippen LogP contribution in [0.2, 0.25) is 0 Å². The highest BCUT2D eigenvalue weighted by atomic mass is 15.5. The molecular weight excluding hydrogens is 861 g/mol. The van der Waals surface area contributed by atoms with Crippen molar-refractivity contribution < 1.29 is 0 Å². The average molecular weight is 915 g/mol. The molecule has 4 heteroatoms. The molecule has 9 aromatic carbocycles. The number of hydrogen-bond acceptors (Lipinski definition) is 3. The Hall–Kier alpha value is -8.73. The quantitative estimate of drug-likeness (QED) is 0.180. The van der Waals surface area contributed by atoms with Gasteiger partial charge in [-0.3, -0.25) is 0 Å². The van der Waals surface area contributed by atoms with Crippen LogP contribution >= 0.6 is 0 Å². The minimum absolute atomic E-state index is 0.142. The lowest BCUT2D eigenvalue weighted by Crippen LogP contribution is -2.19. The molecule has 0 saturated carbocycles. The molecule has 1 aromatic heterocycles. The van der Waals surface area contributed by atoms with Crippen LogP contribution in [0, 0.1) is 0 Å². The van der Waals surface area contributed by atoms with Crippen molar-refractivity contribution in [3.63, 3.8) is 0 Å². The predicted octanol–water partition coefficient (Wildman–Crippen LogP) is 17.3. The first kappa shape index (κ1) is 43.5. The maximum atomic E-state index is 5.71. The number of para-hydroxylation sites is 2. The standard InChI is InChI=1S/C65H48N4.C2H6/c1-65(2)57-25-12-9-21-52(57)56-41-62-48(39-58(56)65)33-32-47-38-45(46-34-36-54-53-22-11-14-27-61(53)68(63(54)40-46)49-18-5-4-6-19-49)35-37-60(47)69(62)67-59-26-13-10-23-55(59)64(66-3)44-30-28-43(29-31-44)51-24-15-17-42-16-7-8-20-50(42)51;1-2/h4-41,66H,1-3H3;1-2H3/b64-55-,67-59-;. The summed E-state index contributed by atoms with van der Waals surface area (Å²) in [5.74, 6) is 0. The van der Waals surface area contributed by atoms with Crippen molar-refractivity contribution in [1.82, 2.24) is 9.88 Å². The van der Waals surface area contributed by atoms with Gasteiger partial charge in [0, 0.05) is 45.6 Å². The minimum atomic E-state index is -0.142. The lowest BCUT2D eigenvalue weighted by molar-refractivity contribution is 0.660. The highest BCUT2D eigenvalue weighted by molar-refractivity contribution is 6.17. The molecule has 10 aromatic rings. The molecule has 0 bridgehead atoms. The normalized spacial score (nSPS) is 15.2. The van der Waals surface area contributed by atoms with Gasteiger partial charge in [-0.25, -0.2) is 5.01 Å². The van der Waals surface area contributed by atoms with Crippen molar-refractivity contribution in [1.29, 1.82) is 0 Å². The molecule has 2 heterocycles. The van der Waals surface area contributed by atoms with Crippen LogP contribution in [-0.4, -0.2) is 17.3 Å². The first-order valence-corrected chi connectivity index (χ1v) is 24.9. The van der Waals surface area contributed by atoms with Crippen molar-refractivity contribution >= 4 is 67.5 Å².